The molecule has 23 heavy (non-hydrogen) atoms. The van der Waals surface area contributed by atoms with Gasteiger partial charge in [-0.2, -0.15) is 0 Å². The van der Waals surface area contributed by atoms with Crippen molar-refractivity contribution >= 4 is 22.7 Å². The van der Waals surface area contributed by atoms with Gasteiger partial charge in [-0.3, -0.25) is 9.36 Å². The Labute approximate surface area is 131 Å². The van der Waals surface area contributed by atoms with Crippen molar-refractivity contribution in [2.24, 2.45) is 7.05 Å². The summed E-state index contributed by atoms with van der Waals surface area (Å²) >= 11 is 0. The molecule has 3 rings (SSSR count). The van der Waals surface area contributed by atoms with E-state index in [2.05, 4.69) is 5.32 Å². The molecule has 1 heterocycles. The second-order valence-corrected chi connectivity index (χ2v) is 5.29. The lowest BCUT2D eigenvalue weighted by Crippen LogP contribution is -2.12. The van der Waals surface area contributed by atoms with Crippen LogP contribution in [0.15, 0.2) is 51.7 Å². The van der Waals surface area contributed by atoms with E-state index in [9.17, 15) is 14.0 Å². The third kappa shape index (κ3) is 3.31. The van der Waals surface area contributed by atoms with Crippen LogP contribution < -0.4 is 11.1 Å². The van der Waals surface area contributed by atoms with Gasteiger partial charge in [-0.05, 0) is 36.2 Å². The van der Waals surface area contributed by atoms with Crippen LogP contribution in [0.4, 0.5) is 10.1 Å². The molecule has 0 fully saturated rings. The Kier molecular flexibility index (Phi) is 3.97. The molecular weight excluding hydrogens is 299 g/mol. The van der Waals surface area contributed by atoms with Gasteiger partial charge in [-0.25, -0.2) is 9.18 Å². The number of anilines is 1. The molecule has 0 radical (unpaired) electrons. The quantitative estimate of drug-likeness (QED) is 0.805. The molecule has 0 unspecified atom stereocenters. The van der Waals surface area contributed by atoms with Crippen LogP contribution in [0, 0.1) is 5.82 Å². The van der Waals surface area contributed by atoms with Crippen molar-refractivity contribution in [3.8, 4) is 0 Å². The summed E-state index contributed by atoms with van der Waals surface area (Å²) in [6, 6.07) is 11.2. The summed E-state index contributed by atoms with van der Waals surface area (Å²) in [7, 11) is 1.62. The highest BCUT2D eigenvalue weighted by atomic mass is 19.1. The molecule has 0 spiro atoms. The summed E-state index contributed by atoms with van der Waals surface area (Å²) in [5, 5.41) is 2.74. The Morgan fingerprint density at radius 1 is 1.26 bits per heavy atom. The van der Waals surface area contributed by atoms with Crippen LogP contribution in [0.1, 0.15) is 12.0 Å². The van der Waals surface area contributed by atoms with Crippen LogP contribution in [0.3, 0.4) is 0 Å². The number of benzene rings is 2. The van der Waals surface area contributed by atoms with Crippen LogP contribution >= 0.6 is 0 Å². The molecule has 1 aromatic heterocycles. The van der Waals surface area contributed by atoms with Crippen LogP contribution in [0.2, 0.25) is 0 Å². The average Bonchev–Trinajstić information content (AvgIpc) is 2.80. The molecule has 0 aliphatic carbocycles. The number of hydrogen-bond donors (Lipinski definition) is 1. The van der Waals surface area contributed by atoms with Crippen molar-refractivity contribution < 1.29 is 13.6 Å². The van der Waals surface area contributed by atoms with E-state index in [1.54, 1.807) is 37.4 Å². The number of carbonyl (C=O) groups is 1. The second-order valence-electron chi connectivity index (χ2n) is 5.29. The fourth-order valence-corrected chi connectivity index (χ4v) is 2.39. The molecule has 3 aromatic rings. The zero-order chi connectivity index (χ0) is 16.4. The maximum Gasteiger partial charge on any atom is 0.419 e. The summed E-state index contributed by atoms with van der Waals surface area (Å²) in [5.41, 5.74) is 2.40. The maximum atomic E-state index is 13.1. The number of amides is 1. The number of aromatic nitrogens is 1. The van der Waals surface area contributed by atoms with Gasteiger partial charge in [0.1, 0.15) is 5.82 Å². The summed E-state index contributed by atoms with van der Waals surface area (Å²) in [6.45, 7) is 0. The molecule has 0 atom stereocenters. The van der Waals surface area contributed by atoms with E-state index in [0.717, 1.165) is 5.56 Å². The molecule has 1 amide bonds. The molecule has 6 heteroatoms. The van der Waals surface area contributed by atoms with Crippen LogP contribution in [-0.2, 0) is 18.3 Å². The normalized spacial score (nSPS) is 10.9. The summed E-state index contributed by atoms with van der Waals surface area (Å²) in [6.07, 6.45) is 0.687. The van der Waals surface area contributed by atoms with Crippen molar-refractivity contribution in [2.75, 3.05) is 5.32 Å². The fourth-order valence-electron chi connectivity index (χ4n) is 2.39. The topological polar surface area (TPSA) is 64.2 Å². The van der Waals surface area contributed by atoms with Gasteiger partial charge in [0, 0.05) is 25.2 Å². The standard InChI is InChI=1S/C17H15FN2O3/c1-20-14-7-6-13(10-15(14)23-17(20)22)19-16(21)8-5-11-3-2-4-12(18)9-11/h2-4,6-7,9-10H,5,8H2,1H3,(H,19,21). The van der Waals surface area contributed by atoms with Crippen molar-refractivity contribution in [3.63, 3.8) is 0 Å². The molecule has 0 saturated heterocycles. The van der Waals surface area contributed by atoms with Crippen molar-refractivity contribution in [1.29, 1.82) is 0 Å². The minimum Gasteiger partial charge on any atom is -0.408 e. The molecule has 0 bridgehead atoms. The van der Waals surface area contributed by atoms with Gasteiger partial charge in [-0.15, -0.1) is 0 Å². The summed E-state index contributed by atoms with van der Waals surface area (Å²) < 4.78 is 19.6. The monoisotopic (exact) mass is 314 g/mol. The minimum atomic E-state index is -0.449. The molecule has 0 aliphatic heterocycles. The molecule has 118 valence electrons. The molecular formula is C17H15FN2O3. The zero-order valence-electron chi connectivity index (χ0n) is 12.5. The highest BCUT2D eigenvalue weighted by Gasteiger charge is 2.08. The lowest BCUT2D eigenvalue weighted by molar-refractivity contribution is -0.116. The van der Waals surface area contributed by atoms with E-state index in [1.165, 1.54) is 16.7 Å². The SMILES string of the molecule is Cn1c(=O)oc2cc(NC(=O)CCc3cccc(F)c3)ccc21. The van der Waals surface area contributed by atoms with E-state index in [0.29, 0.717) is 23.2 Å². The van der Waals surface area contributed by atoms with Crippen LogP contribution in [0.5, 0.6) is 0 Å². The van der Waals surface area contributed by atoms with E-state index < -0.39 is 5.76 Å². The molecule has 5 nitrogen and oxygen atoms in total. The predicted molar refractivity (Wildman–Crippen MR) is 84.8 cm³/mol. The first-order valence-electron chi connectivity index (χ1n) is 7.17. The number of halogens is 1. The number of oxazole rings is 1. The molecule has 1 N–H and O–H groups in total. The first kappa shape index (κ1) is 15.0. The number of nitrogens with one attached hydrogen (secondary N) is 1. The zero-order valence-corrected chi connectivity index (χ0v) is 12.5. The Morgan fingerprint density at radius 2 is 2.09 bits per heavy atom. The van der Waals surface area contributed by atoms with Gasteiger partial charge >= 0.3 is 5.76 Å². The Balaban J connectivity index is 1.67. The summed E-state index contributed by atoms with van der Waals surface area (Å²) in [5.74, 6) is -0.950. The van der Waals surface area contributed by atoms with Crippen molar-refractivity contribution in [1.82, 2.24) is 4.57 Å². The molecule has 0 aliphatic rings. The van der Waals surface area contributed by atoms with Gasteiger partial charge in [0.15, 0.2) is 5.58 Å². The maximum absolute atomic E-state index is 13.1. The summed E-state index contributed by atoms with van der Waals surface area (Å²) in [4.78, 5) is 23.4. The number of rotatable bonds is 4. The Hall–Kier alpha value is -2.89. The number of nitrogens with zero attached hydrogens (tertiary/aromatic N) is 1. The lowest BCUT2D eigenvalue weighted by Gasteiger charge is -2.05. The largest absolute Gasteiger partial charge is 0.419 e. The number of carbonyl (C=O) groups excluding carboxylic acids is 1. The lowest BCUT2D eigenvalue weighted by atomic mass is 10.1. The smallest absolute Gasteiger partial charge is 0.408 e. The predicted octanol–water partition coefficient (Wildman–Crippen LogP) is 2.84. The third-order valence-electron chi connectivity index (χ3n) is 3.61. The fraction of sp³-hybridized carbons (Fsp3) is 0.176. The third-order valence-corrected chi connectivity index (χ3v) is 3.61. The first-order valence-corrected chi connectivity index (χ1v) is 7.17. The van der Waals surface area contributed by atoms with Gasteiger partial charge < -0.3 is 9.73 Å². The van der Waals surface area contributed by atoms with Crippen LogP contribution in [0.25, 0.3) is 11.1 Å². The average molecular weight is 314 g/mol. The number of aryl methyl sites for hydroxylation is 2. The molecule has 2 aromatic carbocycles. The van der Waals surface area contributed by atoms with E-state index in [4.69, 9.17) is 4.42 Å². The van der Waals surface area contributed by atoms with Crippen LogP contribution in [-0.4, -0.2) is 10.5 Å². The van der Waals surface area contributed by atoms with E-state index in [1.807, 2.05) is 0 Å². The second kappa shape index (κ2) is 6.08. The van der Waals surface area contributed by atoms with Crippen molar-refractivity contribution in [3.05, 3.63) is 64.4 Å². The Morgan fingerprint density at radius 3 is 2.87 bits per heavy atom. The Bertz CT molecular complexity index is 927. The van der Waals surface area contributed by atoms with Gasteiger partial charge in [0.2, 0.25) is 5.91 Å². The highest BCUT2D eigenvalue weighted by Crippen LogP contribution is 2.18. The van der Waals surface area contributed by atoms with Gasteiger partial charge in [0.25, 0.3) is 0 Å². The molecule has 0 saturated carbocycles. The first-order chi connectivity index (χ1) is 11.0. The van der Waals surface area contributed by atoms with Crippen molar-refractivity contribution in [2.45, 2.75) is 12.8 Å². The number of fused-ring (bicyclic) bond motifs is 1. The highest BCUT2D eigenvalue weighted by molar-refractivity contribution is 5.92. The van der Waals surface area contributed by atoms with Gasteiger partial charge in [0.05, 0.1) is 5.52 Å². The number of hydrogen-bond acceptors (Lipinski definition) is 3. The van der Waals surface area contributed by atoms with Gasteiger partial charge in [-0.1, -0.05) is 12.1 Å². The van der Waals surface area contributed by atoms with E-state index >= 15 is 0 Å². The minimum absolute atomic E-state index is 0.188. The van der Waals surface area contributed by atoms with E-state index in [-0.39, 0.29) is 18.1 Å².